The highest BCUT2D eigenvalue weighted by Crippen LogP contribution is 2.53. The van der Waals surface area contributed by atoms with Gasteiger partial charge in [0.05, 0.1) is 16.5 Å². The molecule has 0 bridgehead atoms. The van der Waals surface area contributed by atoms with Gasteiger partial charge >= 0.3 is 18.3 Å². The first-order valence-corrected chi connectivity index (χ1v) is 10.6. The van der Waals surface area contributed by atoms with Gasteiger partial charge in [-0.2, -0.15) is 26.3 Å². The van der Waals surface area contributed by atoms with Crippen LogP contribution in [0.2, 0.25) is 5.02 Å². The number of carboxylic acid groups (broad SMARTS) is 1. The van der Waals surface area contributed by atoms with Gasteiger partial charge < -0.3 is 9.84 Å². The van der Waals surface area contributed by atoms with Crippen LogP contribution >= 0.6 is 11.6 Å². The van der Waals surface area contributed by atoms with Crippen LogP contribution in [0, 0.1) is 11.8 Å². The summed E-state index contributed by atoms with van der Waals surface area (Å²) in [6, 6.07) is 9.02. The van der Waals surface area contributed by atoms with E-state index in [1.807, 2.05) is 0 Å². The van der Waals surface area contributed by atoms with E-state index in [1.165, 1.54) is 19.1 Å². The Balaban J connectivity index is 2.27. The number of alkyl halides is 6. The van der Waals surface area contributed by atoms with Crippen LogP contribution < -0.4 is 4.74 Å². The van der Waals surface area contributed by atoms with Crippen LogP contribution in [0.15, 0.2) is 36.4 Å². The van der Waals surface area contributed by atoms with Gasteiger partial charge in [0.25, 0.3) is 0 Å². The Morgan fingerprint density at radius 1 is 1.15 bits per heavy atom. The monoisotopic (exact) mass is 494 g/mol. The van der Waals surface area contributed by atoms with Gasteiger partial charge in [0, 0.05) is 5.56 Å². The minimum absolute atomic E-state index is 0.0125. The molecule has 0 aliphatic heterocycles. The van der Waals surface area contributed by atoms with Gasteiger partial charge in [-0.05, 0) is 41.9 Å². The molecule has 1 aliphatic rings. The topological polar surface area (TPSA) is 46.5 Å². The SMILES string of the molecule is CC(C(=O)O)C1CCCC1c1cc(-c2ccccc2)c(OCC(F)(F)F)c(Cl)c1C(F)(F)F. The maximum absolute atomic E-state index is 14.2. The summed E-state index contributed by atoms with van der Waals surface area (Å²) in [6.45, 7) is -0.371. The van der Waals surface area contributed by atoms with Crippen LogP contribution in [-0.4, -0.2) is 23.9 Å². The fourth-order valence-corrected chi connectivity index (χ4v) is 4.89. The van der Waals surface area contributed by atoms with Crippen LogP contribution in [0.3, 0.4) is 0 Å². The molecule has 2 aromatic carbocycles. The molecule has 1 aliphatic carbocycles. The first-order valence-electron chi connectivity index (χ1n) is 10.2. The van der Waals surface area contributed by atoms with Gasteiger partial charge in [-0.3, -0.25) is 4.79 Å². The Hall–Kier alpha value is -2.42. The van der Waals surface area contributed by atoms with E-state index in [1.54, 1.807) is 18.2 Å². The van der Waals surface area contributed by atoms with Crippen LogP contribution in [0.1, 0.15) is 43.2 Å². The largest absolute Gasteiger partial charge is 0.482 e. The number of ether oxygens (including phenoxy) is 1. The Morgan fingerprint density at radius 2 is 1.79 bits per heavy atom. The average Bonchev–Trinajstić information content (AvgIpc) is 3.20. The van der Waals surface area contributed by atoms with Crippen molar-refractivity contribution < 1.29 is 41.0 Å². The van der Waals surface area contributed by atoms with E-state index < -0.39 is 59.0 Å². The zero-order valence-corrected chi connectivity index (χ0v) is 18.2. The van der Waals surface area contributed by atoms with Crippen molar-refractivity contribution in [2.75, 3.05) is 6.61 Å². The first-order chi connectivity index (χ1) is 15.3. The van der Waals surface area contributed by atoms with Gasteiger partial charge in [0.1, 0.15) is 5.75 Å². The van der Waals surface area contributed by atoms with Crippen molar-refractivity contribution >= 4 is 17.6 Å². The normalized spacial score (nSPS) is 20.0. The second-order valence-corrected chi connectivity index (χ2v) is 8.51. The number of benzene rings is 2. The second-order valence-electron chi connectivity index (χ2n) is 8.13. The lowest BCUT2D eigenvalue weighted by Crippen LogP contribution is -2.25. The van der Waals surface area contributed by atoms with Crippen LogP contribution in [0.25, 0.3) is 11.1 Å². The molecule has 180 valence electrons. The molecule has 10 heteroatoms. The minimum Gasteiger partial charge on any atom is -0.482 e. The number of halogens is 7. The highest BCUT2D eigenvalue weighted by molar-refractivity contribution is 6.33. The fraction of sp³-hybridized carbons (Fsp3) is 0.435. The highest BCUT2D eigenvalue weighted by atomic mass is 35.5. The maximum Gasteiger partial charge on any atom is 0.422 e. The highest BCUT2D eigenvalue weighted by Gasteiger charge is 2.44. The predicted octanol–water partition coefficient (Wildman–Crippen LogP) is 7.57. The van der Waals surface area contributed by atoms with Crippen LogP contribution in [-0.2, 0) is 11.0 Å². The Labute approximate surface area is 191 Å². The number of carboxylic acids is 1. The number of carbonyl (C=O) groups is 1. The van der Waals surface area contributed by atoms with Crippen molar-refractivity contribution in [3.05, 3.63) is 52.5 Å². The molecule has 0 spiro atoms. The van der Waals surface area contributed by atoms with E-state index in [4.69, 9.17) is 16.3 Å². The van der Waals surface area contributed by atoms with Crippen molar-refractivity contribution in [1.29, 1.82) is 0 Å². The quantitative estimate of drug-likeness (QED) is 0.421. The summed E-state index contributed by atoms with van der Waals surface area (Å²) < 4.78 is 85.8. The number of hydrogen-bond acceptors (Lipinski definition) is 2. The lowest BCUT2D eigenvalue weighted by molar-refractivity contribution is -0.153. The summed E-state index contributed by atoms with van der Waals surface area (Å²) in [6.07, 6.45) is -8.53. The smallest absolute Gasteiger partial charge is 0.422 e. The van der Waals surface area contributed by atoms with Crippen molar-refractivity contribution in [2.24, 2.45) is 11.8 Å². The van der Waals surface area contributed by atoms with E-state index in [9.17, 15) is 36.2 Å². The van der Waals surface area contributed by atoms with Crippen LogP contribution in [0.5, 0.6) is 5.75 Å². The van der Waals surface area contributed by atoms with E-state index in [0.717, 1.165) is 6.07 Å². The van der Waals surface area contributed by atoms with Gasteiger partial charge in [-0.25, -0.2) is 0 Å². The molecule has 1 N–H and O–H groups in total. The maximum atomic E-state index is 14.2. The summed E-state index contributed by atoms with van der Waals surface area (Å²) in [5.74, 6) is -4.09. The minimum atomic E-state index is -4.99. The van der Waals surface area contributed by atoms with Crippen molar-refractivity contribution in [1.82, 2.24) is 0 Å². The Morgan fingerprint density at radius 3 is 2.33 bits per heavy atom. The van der Waals surface area contributed by atoms with E-state index in [0.29, 0.717) is 24.8 Å². The van der Waals surface area contributed by atoms with E-state index >= 15 is 0 Å². The third-order valence-corrected chi connectivity index (χ3v) is 6.36. The molecule has 0 aromatic heterocycles. The van der Waals surface area contributed by atoms with Crippen molar-refractivity contribution in [3.63, 3.8) is 0 Å². The Kier molecular flexibility index (Phi) is 7.21. The number of aliphatic carboxylic acids is 1. The predicted molar refractivity (Wildman–Crippen MR) is 110 cm³/mol. The van der Waals surface area contributed by atoms with E-state index in [-0.39, 0.29) is 11.1 Å². The van der Waals surface area contributed by atoms with Gasteiger partial charge in [0.2, 0.25) is 0 Å². The van der Waals surface area contributed by atoms with Crippen molar-refractivity contribution in [3.8, 4) is 16.9 Å². The molecule has 0 saturated heterocycles. The summed E-state index contributed by atoms with van der Waals surface area (Å²) in [7, 11) is 0. The Bertz CT molecular complexity index is 1000. The lowest BCUT2D eigenvalue weighted by Gasteiger charge is -2.28. The number of rotatable bonds is 6. The molecule has 3 rings (SSSR count). The van der Waals surface area contributed by atoms with Gasteiger partial charge in [0.15, 0.2) is 6.61 Å². The average molecular weight is 495 g/mol. The van der Waals surface area contributed by atoms with Crippen molar-refractivity contribution in [2.45, 2.75) is 44.5 Å². The number of hydrogen-bond donors (Lipinski definition) is 1. The molecule has 2 aromatic rings. The molecule has 0 heterocycles. The zero-order chi connectivity index (χ0) is 24.6. The second kappa shape index (κ2) is 9.44. The summed E-state index contributed by atoms with van der Waals surface area (Å²) in [4.78, 5) is 11.6. The summed E-state index contributed by atoms with van der Waals surface area (Å²) in [5.41, 5.74) is -1.19. The van der Waals surface area contributed by atoms with Gasteiger partial charge in [-0.1, -0.05) is 55.3 Å². The fourth-order valence-electron chi connectivity index (χ4n) is 4.52. The molecule has 1 saturated carbocycles. The van der Waals surface area contributed by atoms with Gasteiger partial charge in [-0.15, -0.1) is 0 Å². The third kappa shape index (κ3) is 5.57. The third-order valence-electron chi connectivity index (χ3n) is 6.00. The molecule has 1 fully saturated rings. The molecule has 0 radical (unpaired) electrons. The first kappa shape index (κ1) is 25.2. The summed E-state index contributed by atoms with van der Waals surface area (Å²) in [5, 5.41) is 8.48. The molecular formula is C23H21ClF6O3. The molecule has 3 atom stereocenters. The molecular weight excluding hydrogens is 474 g/mol. The van der Waals surface area contributed by atoms with Crippen LogP contribution in [0.4, 0.5) is 26.3 Å². The molecule has 3 unspecified atom stereocenters. The standard InChI is InChI=1S/C23H21ClF6O3/c1-12(21(31)32)14-8-5-9-15(14)17-10-16(13-6-3-2-4-7-13)20(33-11-22(25,26)27)19(24)18(17)23(28,29)30/h2-4,6-7,10,12,14-15H,5,8-9,11H2,1H3,(H,31,32). The zero-order valence-electron chi connectivity index (χ0n) is 17.4. The molecule has 0 amide bonds. The van der Waals surface area contributed by atoms with E-state index in [2.05, 4.69) is 0 Å². The summed E-state index contributed by atoms with van der Waals surface area (Å²) >= 11 is 6.12. The molecule has 3 nitrogen and oxygen atoms in total. The lowest BCUT2D eigenvalue weighted by atomic mass is 9.78. The molecule has 33 heavy (non-hydrogen) atoms.